The summed E-state index contributed by atoms with van der Waals surface area (Å²) in [7, 11) is 0. The zero-order valence-electron chi connectivity index (χ0n) is 13.2. The van der Waals surface area contributed by atoms with Gasteiger partial charge in [-0.15, -0.1) is 11.8 Å². The highest BCUT2D eigenvalue weighted by atomic mass is 32.2. The molecule has 1 atom stereocenters. The van der Waals surface area contributed by atoms with Crippen LogP contribution in [0.4, 0.5) is 14.9 Å². The third-order valence-electron chi connectivity index (χ3n) is 4.04. The van der Waals surface area contributed by atoms with Crippen LogP contribution in [-0.2, 0) is 0 Å². The number of nitrogens with one attached hydrogen (secondary N) is 1. The number of thioether (sulfide) groups is 1. The van der Waals surface area contributed by atoms with Crippen molar-refractivity contribution in [2.75, 3.05) is 17.6 Å². The SMILES string of the molecule is Cc1ccc(NC(=O)N2CCS[C@@H]2c2cccc(F)c2)cc1C. The number of hydrogen-bond acceptors (Lipinski definition) is 2. The van der Waals surface area contributed by atoms with Crippen molar-refractivity contribution in [2.45, 2.75) is 19.2 Å². The monoisotopic (exact) mass is 330 g/mol. The van der Waals surface area contributed by atoms with Gasteiger partial charge in [-0.2, -0.15) is 0 Å². The van der Waals surface area contributed by atoms with E-state index in [9.17, 15) is 9.18 Å². The van der Waals surface area contributed by atoms with Crippen molar-refractivity contribution in [1.82, 2.24) is 4.90 Å². The molecule has 1 N–H and O–H groups in total. The molecular formula is C18H19FN2OS. The maximum absolute atomic E-state index is 13.4. The first-order chi connectivity index (χ1) is 11.0. The molecule has 1 aliphatic heterocycles. The Labute approximate surface area is 139 Å². The highest BCUT2D eigenvalue weighted by Gasteiger charge is 2.30. The lowest BCUT2D eigenvalue weighted by molar-refractivity contribution is 0.214. The Morgan fingerprint density at radius 3 is 2.78 bits per heavy atom. The van der Waals surface area contributed by atoms with Crippen LogP contribution in [0.15, 0.2) is 42.5 Å². The third kappa shape index (κ3) is 3.50. The molecule has 2 aromatic carbocycles. The standard InChI is InChI=1S/C18H19FN2OS/c1-12-6-7-16(10-13(12)2)20-18(22)21-8-9-23-17(21)14-4-3-5-15(19)11-14/h3-7,10-11,17H,8-9H2,1-2H3,(H,20,22)/t17-/m1/s1. The lowest BCUT2D eigenvalue weighted by atomic mass is 10.1. The number of aryl methyl sites for hydroxylation is 2. The Hall–Kier alpha value is -2.01. The van der Waals surface area contributed by atoms with E-state index in [0.29, 0.717) is 6.54 Å². The minimum absolute atomic E-state index is 0.141. The second-order valence-electron chi connectivity index (χ2n) is 5.70. The van der Waals surface area contributed by atoms with E-state index in [1.54, 1.807) is 22.7 Å². The molecule has 23 heavy (non-hydrogen) atoms. The summed E-state index contributed by atoms with van der Waals surface area (Å²) in [5.41, 5.74) is 3.94. The van der Waals surface area contributed by atoms with E-state index in [4.69, 9.17) is 0 Å². The van der Waals surface area contributed by atoms with E-state index < -0.39 is 0 Å². The summed E-state index contributed by atoms with van der Waals surface area (Å²) in [4.78, 5) is 14.3. The number of anilines is 1. The van der Waals surface area contributed by atoms with Gasteiger partial charge in [0.15, 0.2) is 0 Å². The normalized spacial score (nSPS) is 17.3. The van der Waals surface area contributed by atoms with Gasteiger partial charge in [0.1, 0.15) is 11.2 Å². The third-order valence-corrected chi connectivity index (χ3v) is 5.30. The van der Waals surface area contributed by atoms with E-state index in [0.717, 1.165) is 22.6 Å². The van der Waals surface area contributed by atoms with Crippen LogP contribution in [0.3, 0.4) is 0 Å². The zero-order chi connectivity index (χ0) is 16.4. The molecule has 3 rings (SSSR count). The van der Waals surface area contributed by atoms with Crippen molar-refractivity contribution < 1.29 is 9.18 Å². The molecule has 5 heteroatoms. The summed E-state index contributed by atoms with van der Waals surface area (Å²) in [6, 6.07) is 12.2. The Bertz CT molecular complexity index is 735. The minimum Gasteiger partial charge on any atom is -0.308 e. The molecule has 1 fully saturated rings. The molecule has 0 aliphatic carbocycles. The molecule has 0 unspecified atom stereocenters. The number of urea groups is 1. The minimum atomic E-state index is -0.274. The summed E-state index contributed by atoms with van der Waals surface area (Å²) in [6.45, 7) is 4.72. The van der Waals surface area contributed by atoms with Crippen LogP contribution in [-0.4, -0.2) is 23.2 Å². The summed E-state index contributed by atoms with van der Waals surface area (Å²) >= 11 is 1.66. The van der Waals surface area contributed by atoms with Crippen LogP contribution in [0.25, 0.3) is 0 Å². The second kappa shape index (κ2) is 6.62. The van der Waals surface area contributed by atoms with Gasteiger partial charge in [0.05, 0.1) is 0 Å². The topological polar surface area (TPSA) is 32.3 Å². The van der Waals surface area contributed by atoms with Gasteiger partial charge in [-0.05, 0) is 54.8 Å². The first-order valence-electron chi connectivity index (χ1n) is 7.56. The van der Waals surface area contributed by atoms with Gasteiger partial charge in [-0.25, -0.2) is 9.18 Å². The van der Waals surface area contributed by atoms with Crippen LogP contribution in [0.2, 0.25) is 0 Å². The van der Waals surface area contributed by atoms with Crippen molar-refractivity contribution in [3.63, 3.8) is 0 Å². The first-order valence-corrected chi connectivity index (χ1v) is 8.61. The molecule has 0 aromatic heterocycles. The Morgan fingerprint density at radius 2 is 2.04 bits per heavy atom. The second-order valence-corrected chi connectivity index (χ2v) is 6.89. The van der Waals surface area contributed by atoms with Gasteiger partial charge in [0.2, 0.25) is 0 Å². The molecule has 1 saturated heterocycles. The smallest absolute Gasteiger partial charge is 0.308 e. The van der Waals surface area contributed by atoms with E-state index in [1.165, 1.54) is 17.7 Å². The number of carbonyl (C=O) groups is 1. The van der Waals surface area contributed by atoms with Gasteiger partial charge >= 0.3 is 6.03 Å². The summed E-state index contributed by atoms with van der Waals surface area (Å²) in [5, 5.41) is 2.80. The number of halogens is 1. The largest absolute Gasteiger partial charge is 0.323 e. The predicted molar refractivity (Wildman–Crippen MR) is 93.2 cm³/mol. The Balaban J connectivity index is 1.76. The van der Waals surface area contributed by atoms with E-state index in [2.05, 4.69) is 5.32 Å². The van der Waals surface area contributed by atoms with E-state index in [-0.39, 0.29) is 17.2 Å². The molecule has 0 radical (unpaired) electrons. The molecular weight excluding hydrogens is 311 g/mol. The van der Waals surface area contributed by atoms with Gasteiger partial charge in [0.25, 0.3) is 0 Å². The lowest BCUT2D eigenvalue weighted by Crippen LogP contribution is -2.34. The molecule has 0 saturated carbocycles. The van der Waals surface area contributed by atoms with E-state index in [1.807, 2.05) is 38.1 Å². The molecule has 0 spiro atoms. The van der Waals surface area contributed by atoms with Crippen molar-refractivity contribution in [3.05, 3.63) is 65.0 Å². The number of benzene rings is 2. The molecule has 1 aliphatic rings. The summed E-state index contributed by atoms with van der Waals surface area (Å²) in [6.07, 6.45) is 0. The fourth-order valence-corrected chi connectivity index (χ4v) is 3.87. The lowest BCUT2D eigenvalue weighted by Gasteiger charge is -2.24. The van der Waals surface area contributed by atoms with Crippen LogP contribution in [0, 0.1) is 19.7 Å². The van der Waals surface area contributed by atoms with Crippen molar-refractivity contribution in [3.8, 4) is 0 Å². The summed E-state index contributed by atoms with van der Waals surface area (Å²) < 4.78 is 13.4. The fourth-order valence-electron chi connectivity index (χ4n) is 2.63. The van der Waals surface area contributed by atoms with Crippen LogP contribution in [0.1, 0.15) is 22.1 Å². The molecule has 2 aromatic rings. The average molecular weight is 330 g/mol. The summed E-state index contributed by atoms with van der Waals surface area (Å²) in [5.74, 6) is 0.575. The molecule has 2 amide bonds. The van der Waals surface area contributed by atoms with Gasteiger partial charge in [0, 0.05) is 18.0 Å². The molecule has 3 nitrogen and oxygen atoms in total. The quantitative estimate of drug-likeness (QED) is 0.864. The van der Waals surface area contributed by atoms with Crippen LogP contribution >= 0.6 is 11.8 Å². The number of carbonyl (C=O) groups excluding carboxylic acids is 1. The Morgan fingerprint density at radius 1 is 1.22 bits per heavy atom. The number of rotatable bonds is 2. The number of amides is 2. The number of nitrogens with zero attached hydrogens (tertiary/aromatic N) is 1. The molecule has 0 bridgehead atoms. The van der Waals surface area contributed by atoms with Crippen LogP contribution < -0.4 is 5.32 Å². The average Bonchev–Trinajstić information content (AvgIpc) is 3.00. The van der Waals surface area contributed by atoms with Crippen molar-refractivity contribution >= 4 is 23.5 Å². The highest BCUT2D eigenvalue weighted by molar-refractivity contribution is 7.99. The van der Waals surface area contributed by atoms with Crippen molar-refractivity contribution in [1.29, 1.82) is 0 Å². The van der Waals surface area contributed by atoms with Crippen molar-refractivity contribution in [2.24, 2.45) is 0 Å². The molecule has 120 valence electrons. The van der Waals surface area contributed by atoms with Gasteiger partial charge in [-0.3, -0.25) is 0 Å². The predicted octanol–water partition coefficient (Wildman–Crippen LogP) is 4.72. The fraction of sp³-hybridized carbons (Fsp3) is 0.278. The number of hydrogen-bond donors (Lipinski definition) is 1. The molecule has 1 heterocycles. The van der Waals surface area contributed by atoms with Gasteiger partial charge < -0.3 is 10.2 Å². The van der Waals surface area contributed by atoms with Gasteiger partial charge in [-0.1, -0.05) is 18.2 Å². The maximum Gasteiger partial charge on any atom is 0.323 e. The Kier molecular flexibility index (Phi) is 4.57. The zero-order valence-corrected chi connectivity index (χ0v) is 14.0. The van der Waals surface area contributed by atoms with E-state index >= 15 is 0 Å². The maximum atomic E-state index is 13.4. The first kappa shape index (κ1) is 15.9. The highest BCUT2D eigenvalue weighted by Crippen LogP contribution is 2.38. The van der Waals surface area contributed by atoms with Crippen LogP contribution in [0.5, 0.6) is 0 Å².